The molecule has 2 fully saturated rings. The fourth-order valence-corrected chi connectivity index (χ4v) is 1.71. The first kappa shape index (κ1) is 10.1. The van der Waals surface area contributed by atoms with Gasteiger partial charge in [-0.2, -0.15) is 0 Å². The van der Waals surface area contributed by atoms with Crippen LogP contribution in [0.4, 0.5) is 0 Å². The zero-order valence-corrected chi connectivity index (χ0v) is 8.45. The van der Waals surface area contributed by atoms with Crippen LogP contribution in [0.1, 0.15) is 0 Å². The first-order valence-electron chi connectivity index (χ1n) is 5.24. The molecule has 0 amide bonds. The number of nitrogens with one attached hydrogen (secondary N) is 1. The number of hydrogen-bond donors (Lipinski definition) is 1. The molecule has 4 nitrogen and oxygen atoms in total. The van der Waals surface area contributed by atoms with Crippen LogP contribution in [-0.4, -0.2) is 57.1 Å². The summed E-state index contributed by atoms with van der Waals surface area (Å²) in [6.45, 7) is 6.69. The molecule has 14 heavy (non-hydrogen) atoms. The number of rotatable bonds is 3. The van der Waals surface area contributed by atoms with Gasteiger partial charge < -0.3 is 14.8 Å². The molecule has 4 heteroatoms. The summed E-state index contributed by atoms with van der Waals surface area (Å²) in [5.41, 5.74) is 0. The van der Waals surface area contributed by atoms with Gasteiger partial charge in [0.25, 0.3) is 0 Å². The highest BCUT2D eigenvalue weighted by Gasteiger charge is 2.12. The first-order chi connectivity index (χ1) is 6.95. The van der Waals surface area contributed by atoms with E-state index in [0.717, 1.165) is 32.7 Å². The van der Waals surface area contributed by atoms with Gasteiger partial charge in [-0.25, -0.2) is 0 Å². The molecular formula is C10H18N2O2. The van der Waals surface area contributed by atoms with Gasteiger partial charge in [0.2, 0.25) is 0 Å². The van der Waals surface area contributed by atoms with Crippen LogP contribution in [0.25, 0.3) is 0 Å². The first-order valence-corrected chi connectivity index (χ1v) is 5.24. The number of nitrogens with zero attached hydrogens (tertiary/aromatic N) is 1. The lowest BCUT2D eigenvalue weighted by molar-refractivity contribution is 0.0571. The van der Waals surface area contributed by atoms with Crippen LogP contribution in [0.5, 0.6) is 0 Å². The second kappa shape index (κ2) is 5.46. The molecule has 2 rings (SSSR count). The maximum Gasteiger partial charge on any atom is 0.147 e. The Balaban J connectivity index is 1.64. The molecule has 0 aliphatic carbocycles. The molecule has 1 atom stereocenters. The van der Waals surface area contributed by atoms with E-state index in [-0.39, 0.29) is 6.10 Å². The van der Waals surface area contributed by atoms with Crippen LogP contribution in [0, 0.1) is 0 Å². The molecule has 0 bridgehead atoms. The predicted molar refractivity (Wildman–Crippen MR) is 54.1 cm³/mol. The van der Waals surface area contributed by atoms with Gasteiger partial charge in [-0.3, -0.25) is 4.90 Å². The molecule has 0 saturated carbocycles. The van der Waals surface area contributed by atoms with Crippen molar-refractivity contribution in [1.82, 2.24) is 10.2 Å². The van der Waals surface area contributed by atoms with Crippen molar-refractivity contribution >= 4 is 0 Å². The highest BCUT2D eigenvalue weighted by molar-refractivity contribution is 4.93. The zero-order chi connectivity index (χ0) is 9.64. The van der Waals surface area contributed by atoms with E-state index in [9.17, 15) is 0 Å². The summed E-state index contributed by atoms with van der Waals surface area (Å²) in [4.78, 5) is 2.43. The van der Waals surface area contributed by atoms with Crippen molar-refractivity contribution in [3.63, 3.8) is 0 Å². The van der Waals surface area contributed by atoms with E-state index in [2.05, 4.69) is 22.4 Å². The van der Waals surface area contributed by atoms with Crippen molar-refractivity contribution in [2.24, 2.45) is 0 Å². The minimum Gasteiger partial charge on any atom is -0.352 e. The summed E-state index contributed by atoms with van der Waals surface area (Å²) in [5, 5.41) is 3.34. The topological polar surface area (TPSA) is 33.7 Å². The quantitative estimate of drug-likeness (QED) is 0.638. The molecule has 2 aliphatic heterocycles. The summed E-state index contributed by atoms with van der Waals surface area (Å²) < 4.78 is 10.4. The molecule has 2 heterocycles. The van der Waals surface area contributed by atoms with E-state index in [0.29, 0.717) is 13.4 Å². The van der Waals surface area contributed by atoms with Crippen LogP contribution in [0.3, 0.4) is 0 Å². The summed E-state index contributed by atoms with van der Waals surface area (Å²) in [6.07, 6.45) is 4.47. The fraction of sp³-hybridized carbons (Fsp3) is 0.800. The van der Waals surface area contributed by atoms with Gasteiger partial charge in [0.15, 0.2) is 0 Å². The van der Waals surface area contributed by atoms with Crippen molar-refractivity contribution in [1.29, 1.82) is 0 Å². The molecule has 2 aliphatic rings. The standard InChI is InChI=1S/C10H18N2O2/c1(2-10-8-13-9-14-10)5-12-6-3-11-4-7-12/h1-2,10-11H,3-9H2. The maximum atomic E-state index is 5.30. The third-order valence-corrected chi connectivity index (χ3v) is 2.57. The van der Waals surface area contributed by atoms with Crippen molar-refractivity contribution in [2.45, 2.75) is 6.10 Å². The average Bonchev–Trinajstić information content (AvgIpc) is 2.72. The monoisotopic (exact) mass is 198 g/mol. The van der Waals surface area contributed by atoms with Crippen molar-refractivity contribution in [3.8, 4) is 0 Å². The van der Waals surface area contributed by atoms with Crippen molar-refractivity contribution < 1.29 is 9.47 Å². The number of piperazine rings is 1. The Labute approximate surface area is 84.9 Å². The molecular weight excluding hydrogens is 180 g/mol. The number of hydrogen-bond acceptors (Lipinski definition) is 4. The lowest BCUT2D eigenvalue weighted by Crippen LogP contribution is -2.43. The Morgan fingerprint density at radius 3 is 2.93 bits per heavy atom. The maximum absolute atomic E-state index is 5.30. The van der Waals surface area contributed by atoms with E-state index in [1.807, 2.05) is 0 Å². The Hall–Kier alpha value is -0.420. The van der Waals surface area contributed by atoms with E-state index in [1.165, 1.54) is 0 Å². The van der Waals surface area contributed by atoms with E-state index >= 15 is 0 Å². The minimum atomic E-state index is 0.179. The highest BCUT2D eigenvalue weighted by atomic mass is 16.7. The van der Waals surface area contributed by atoms with E-state index in [4.69, 9.17) is 9.47 Å². The minimum absolute atomic E-state index is 0.179. The third kappa shape index (κ3) is 3.06. The van der Waals surface area contributed by atoms with Gasteiger partial charge in [0, 0.05) is 32.7 Å². The fourth-order valence-electron chi connectivity index (χ4n) is 1.71. The largest absolute Gasteiger partial charge is 0.352 e. The Morgan fingerprint density at radius 1 is 1.36 bits per heavy atom. The van der Waals surface area contributed by atoms with Crippen LogP contribution in [0.15, 0.2) is 12.2 Å². The summed E-state index contributed by atoms with van der Waals surface area (Å²) in [6, 6.07) is 0. The highest BCUT2D eigenvalue weighted by Crippen LogP contribution is 2.04. The lowest BCUT2D eigenvalue weighted by Gasteiger charge is -2.25. The SMILES string of the molecule is C(=CC1COCO1)CN1CCNCC1. The van der Waals surface area contributed by atoms with Gasteiger partial charge in [0.1, 0.15) is 12.9 Å². The van der Waals surface area contributed by atoms with E-state index in [1.54, 1.807) is 0 Å². The van der Waals surface area contributed by atoms with Gasteiger partial charge in [-0.15, -0.1) is 0 Å². The molecule has 1 N–H and O–H groups in total. The van der Waals surface area contributed by atoms with Crippen molar-refractivity contribution in [2.75, 3.05) is 46.1 Å². The summed E-state index contributed by atoms with van der Waals surface area (Å²) in [7, 11) is 0. The lowest BCUT2D eigenvalue weighted by atomic mass is 10.3. The van der Waals surface area contributed by atoms with Gasteiger partial charge >= 0.3 is 0 Å². The predicted octanol–water partition coefficient (Wildman–Crippen LogP) is -0.179. The number of ether oxygens (including phenoxy) is 2. The average molecular weight is 198 g/mol. The molecule has 80 valence electrons. The van der Waals surface area contributed by atoms with Crippen molar-refractivity contribution in [3.05, 3.63) is 12.2 Å². The van der Waals surface area contributed by atoms with Crippen LogP contribution >= 0.6 is 0 Å². The molecule has 0 radical (unpaired) electrons. The molecule has 0 aromatic heterocycles. The van der Waals surface area contributed by atoms with Gasteiger partial charge in [0.05, 0.1) is 6.61 Å². The smallest absolute Gasteiger partial charge is 0.147 e. The molecule has 0 spiro atoms. The molecule has 1 unspecified atom stereocenters. The van der Waals surface area contributed by atoms with Gasteiger partial charge in [-0.1, -0.05) is 12.2 Å². The normalized spacial score (nSPS) is 30.1. The van der Waals surface area contributed by atoms with Crippen LogP contribution in [-0.2, 0) is 9.47 Å². The summed E-state index contributed by atoms with van der Waals surface area (Å²) >= 11 is 0. The second-order valence-electron chi connectivity index (χ2n) is 3.67. The summed E-state index contributed by atoms with van der Waals surface area (Å²) in [5.74, 6) is 0. The van der Waals surface area contributed by atoms with E-state index < -0.39 is 0 Å². The van der Waals surface area contributed by atoms with Crippen LogP contribution in [0.2, 0.25) is 0 Å². The Bertz CT molecular complexity index is 185. The molecule has 2 saturated heterocycles. The Morgan fingerprint density at radius 2 is 2.21 bits per heavy atom. The third-order valence-electron chi connectivity index (χ3n) is 2.57. The Kier molecular flexibility index (Phi) is 3.94. The second-order valence-corrected chi connectivity index (χ2v) is 3.67. The molecule has 0 aromatic carbocycles. The molecule has 0 aromatic rings. The zero-order valence-electron chi connectivity index (χ0n) is 8.45. The van der Waals surface area contributed by atoms with Crippen LogP contribution < -0.4 is 5.32 Å². The van der Waals surface area contributed by atoms with Gasteiger partial charge in [-0.05, 0) is 0 Å².